The second-order valence-corrected chi connectivity index (χ2v) is 9.28. The number of carbonyl (C=O) groups is 1. The summed E-state index contributed by atoms with van der Waals surface area (Å²) in [6.45, 7) is 7.20. The molecule has 0 spiro atoms. The van der Waals surface area contributed by atoms with Gasteiger partial charge in [-0.15, -0.1) is 0 Å². The van der Waals surface area contributed by atoms with Crippen molar-refractivity contribution >= 4 is 23.2 Å². The van der Waals surface area contributed by atoms with Crippen molar-refractivity contribution in [3.05, 3.63) is 64.7 Å². The van der Waals surface area contributed by atoms with E-state index in [1.165, 1.54) is 0 Å². The Labute approximate surface area is 183 Å². The Morgan fingerprint density at radius 2 is 1.97 bits per heavy atom. The Kier molecular flexibility index (Phi) is 7.03. The summed E-state index contributed by atoms with van der Waals surface area (Å²) in [5, 5.41) is 4.94. The third-order valence-corrected chi connectivity index (χ3v) is 5.13. The highest BCUT2D eigenvalue weighted by molar-refractivity contribution is 6.30. The molecule has 1 aliphatic rings. The van der Waals surface area contributed by atoms with E-state index in [2.05, 4.69) is 25.9 Å². The van der Waals surface area contributed by atoms with Crippen LogP contribution in [0.1, 0.15) is 44.7 Å². The number of oxime groups is 1. The quantitative estimate of drug-likeness (QED) is 0.600. The summed E-state index contributed by atoms with van der Waals surface area (Å²) in [6.07, 6.45) is 0.943. The van der Waals surface area contributed by atoms with E-state index in [9.17, 15) is 4.79 Å². The van der Waals surface area contributed by atoms with Crippen LogP contribution in [0.2, 0.25) is 5.02 Å². The van der Waals surface area contributed by atoms with E-state index in [0.717, 1.165) is 22.6 Å². The Bertz CT molecular complexity index is 903. The first kappa shape index (κ1) is 22.2. The van der Waals surface area contributed by atoms with Crippen molar-refractivity contribution in [2.24, 2.45) is 10.6 Å². The molecule has 1 amide bonds. The van der Waals surface area contributed by atoms with Crippen molar-refractivity contribution in [1.82, 2.24) is 4.90 Å². The smallest absolute Gasteiger partial charge is 0.223 e. The molecule has 1 atom stereocenters. The first-order valence-electron chi connectivity index (χ1n) is 10.1. The lowest BCUT2D eigenvalue weighted by Crippen LogP contribution is -2.38. The minimum absolute atomic E-state index is 0.0921. The summed E-state index contributed by atoms with van der Waals surface area (Å²) < 4.78 is 5.33. The monoisotopic (exact) mass is 428 g/mol. The molecule has 0 N–H and O–H groups in total. The zero-order chi connectivity index (χ0) is 21.7. The predicted molar refractivity (Wildman–Crippen MR) is 120 cm³/mol. The zero-order valence-electron chi connectivity index (χ0n) is 18.0. The van der Waals surface area contributed by atoms with Crippen molar-refractivity contribution in [2.75, 3.05) is 13.7 Å². The lowest BCUT2D eigenvalue weighted by atomic mass is 9.91. The maximum absolute atomic E-state index is 13.1. The van der Waals surface area contributed by atoms with Crippen molar-refractivity contribution in [2.45, 2.75) is 46.3 Å². The number of hydrogen-bond acceptors (Lipinski definition) is 4. The van der Waals surface area contributed by atoms with Crippen molar-refractivity contribution in [3.8, 4) is 5.75 Å². The molecular weight excluding hydrogens is 400 g/mol. The van der Waals surface area contributed by atoms with Gasteiger partial charge in [-0.3, -0.25) is 4.79 Å². The third kappa shape index (κ3) is 6.23. The van der Waals surface area contributed by atoms with Gasteiger partial charge in [0.2, 0.25) is 5.91 Å². The Morgan fingerprint density at radius 3 is 2.63 bits per heavy atom. The highest BCUT2D eigenvalue weighted by Gasteiger charge is 2.28. The van der Waals surface area contributed by atoms with Gasteiger partial charge in [0, 0.05) is 24.4 Å². The molecule has 6 heteroatoms. The van der Waals surface area contributed by atoms with Gasteiger partial charge in [0.15, 0.2) is 6.10 Å². The van der Waals surface area contributed by atoms with Crippen LogP contribution in [0.25, 0.3) is 0 Å². The molecule has 1 unspecified atom stereocenters. The molecule has 0 saturated carbocycles. The summed E-state index contributed by atoms with van der Waals surface area (Å²) in [7, 11) is 1.64. The number of ether oxygens (including phenoxy) is 1. The van der Waals surface area contributed by atoms with Crippen LogP contribution < -0.4 is 4.74 Å². The maximum Gasteiger partial charge on any atom is 0.223 e. The highest BCUT2D eigenvalue weighted by atomic mass is 35.5. The maximum atomic E-state index is 13.1. The first-order valence-corrected chi connectivity index (χ1v) is 10.5. The molecule has 160 valence electrons. The number of benzene rings is 2. The fourth-order valence-electron chi connectivity index (χ4n) is 3.40. The molecule has 2 aromatic rings. The number of carbonyl (C=O) groups excluding carboxylic acids is 1. The standard InChI is InChI=1S/C24H29ClN2O3/c1-24(2,3)14-23(28)27(15-17-6-5-7-20(12-17)29-4)16-21-13-22(26-30-21)18-8-10-19(25)11-9-18/h5-12,21H,13-16H2,1-4H3. The second kappa shape index (κ2) is 9.52. The van der Waals surface area contributed by atoms with Crippen molar-refractivity contribution in [3.63, 3.8) is 0 Å². The van der Waals surface area contributed by atoms with Gasteiger partial charge in [-0.2, -0.15) is 0 Å². The molecule has 2 aromatic carbocycles. The third-order valence-electron chi connectivity index (χ3n) is 4.88. The van der Waals surface area contributed by atoms with E-state index >= 15 is 0 Å². The summed E-state index contributed by atoms with van der Waals surface area (Å²) in [4.78, 5) is 20.6. The van der Waals surface area contributed by atoms with E-state index in [1.54, 1.807) is 7.11 Å². The molecule has 1 heterocycles. The van der Waals surface area contributed by atoms with E-state index in [1.807, 2.05) is 53.4 Å². The molecule has 0 radical (unpaired) electrons. The molecular formula is C24H29ClN2O3. The first-order chi connectivity index (χ1) is 14.2. The number of methoxy groups -OCH3 is 1. The number of hydrogen-bond donors (Lipinski definition) is 0. The van der Waals surface area contributed by atoms with Gasteiger partial charge in [-0.25, -0.2) is 0 Å². The average Bonchev–Trinajstić information content (AvgIpc) is 3.15. The molecule has 3 rings (SSSR count). The Morgan fingerprint density at radius 1 is 1.23 bits per heavy atom. The zero-order valence-corrected chi connectivity index (χ0v) is 18.8. The molecule has 0 bridgehead atoms. The minimum atomic E-state index is -0.176. The van der Waals surface area contributed by atoms with Gasteiger partial charge in [0.1, 0.15) is 5.75 Å². The van der Waals surface area contributed by atoms with Crippen LogP contribution in [0.3, 0.4) is 0 Å². The van der Waals surface area contributed by atoms with Gasteiger partial charge in [0.25, 0.3) is 0 Å². The Balaban J connectivity index is 1.70. The van der Waals surface area contributed by atoms with Crippen LogP contribution in [0.5, 0.6) is 5.75 Å². The molecule has 5 nitrogen and oxygen atoms in total. The van der Waals surface area contributed by atoms with Gasteiger partial charge < -0.3 is 14.5 Å². The van der Waals surface area contributed by atoms with E-state index in [4.69, 9.17) is 21.2 Å². The van der Waals surface area contributed by atoms with Crippen LogP contribution in [0.15, 0.2) is 53.7 Å². The number of rotatable bonds is 7. The summed E-state index contributed by atoms with van der Waals surface area (Å²) in [5.41, 5.74) is 2.79. The number of amides is 1. The van der Waals surface area contributed by atoms with Gasteiger partial charge in [-0.05, 0) is 40.8 Å². The topological polar surface area (TPSA) is 51.1 Å². The summed E-state index contributed by atoms with van der Waals surface area (Å²) in [5.74, 6) is 0.884. The largest absolute Gasteiger partial charge is 0.497 e. The van der Waals surface area contributed by atoms with Gasteiger partial charge in [0.05, 0.1) is 19.4 Å². The normalized spacial score (nSPS) is 16.0. The lowest BCUT2D eigenvalue weighted by molar-refractivity contribution is -0.135. The van der Waals surface area contributed by atoms with E-state index in [-0.39, 0.29) is 17.4 Å². The molecule has 0 aliphatic carbocycles. The van der Waals surface area contributed by atoms with Crippen LogP contribution in [-0.4, -0.2) is 36.3 Å². The van der Waals surface area contributed by atoms with Gasteiger partial charge >= 0.3 is 0 Å². The summed E-state index contributed by atoms with van der Waals surface area (Å²) in [6, 6.07) is 15.4. The summed E-state index contributed by atoms with van der Waals surface area (Å²) >= 11 is 5.98. The molecule has 0 aromatic heterocycles. The average molecular weight is 429 g/mol. The van der Waals surface area contributed by atoms with Crippen LogP contribution in [0, 0.1) is 5.41 Å². The van der Waals surface area contributed by atoms with E-state index < -0.39 is 0 Å². The molecule has 0 fully saturated rings. The second-order valence-electron chi connectivity index (χ2n) is 8.84. The minimum Gasteiger partial charge on any atom is -0.497 e. The van der Waals surface area contributed by atoms with Gasteiger partial charge in [-0.1, -0.05) is 61.8 Å². The van der Waals surface area contributed by atoms with Crippen LogP contribution in [-0.2, 0) is 16.2 Å². The fraction of sp³-hybridized carbons (Fsp3) is 0.417. The molecule has 30 heavy (non-hydrogen) atoms. The van der Waals surface area contributed by atoms with E-state index in [0.29, 0.717) is 31.0 Å². The highest BCUT2D eigenvalue weighted by Crippen LogP contribution is 2.24. The predicted octanol–water partition coefficient (Wildman–Crippen LogP) is 5.31. The Hall–Kier alpha value is -2.53. The van der Waals surface area contributed by atoms with Crippen LogP contribution >= 0.6 is 11.6 Å². The SMILES string of the molecule is COc1cccc(CN(CC2CC(c3ccc(Cl)cc3)=NO2)C(=O)CC(C)(C)C)c1. The number of nitrogens with zero attached hydrogens (tertiary/aromatic N) is 2. The van der Waals surface area contributed by atoms with Crippen LogP contribution in [0.4, 0.5) is 0 Å². The number of halogens is 1. The molecule has 0 saturated heterocycles. The molecule has 1 aliphatic heterocycles. The lowest BCUT2D eigenvalue weighted by Gasteiger charge is -2.28. The van der Waals surface area contributed by atoms with Crippen molar-refractivity contribution < 1.29 is 14.4 Å². The fourth-order valence-corrected chi connectivity index (χ4v) is 3.52. The van der Waals surface area contributed by atoms with Crippen molar-refractivity contribution in [1.29, 1.82) is 0 Å².